The Labute approximate surface area is 103 Å². The predicted molar refractivity (Wildman–Crippen MR) is 66.2 cm³/mol. The van der Waals surface area contributed by atoms with Gasteiger partial charge in [0.05, 0.1) is 5.69 Å². The van der Waals surface area contributed by atoms with E-state index in [9.17, 15) is 0 Å². The molecule has 0 amide bonds. The molecule has 17 heavy (non-hydrogen) atoms. The maximum Gasteiger partial charge on any atom is 0.157 e. The van der Waals surface area contributed by atoms with Crippen molar-refractivity contribution in [1.82, 2.24) is 9.97 Å². The summed E-state index contributed by atoms with van der Waals surface area (Å²) in [4.78, 5) is 8.82. The Morgan fingerprint density at radius 1 is 1.41 bits per heavy atom. The van der Waals surface area contributed by atoms with Gasteiger partial charge in [-0.05, 0) is 24.8 Å². The second kappa shape index (κ2) is 6.07. The summed E-state index contributed by atoms with van der Waals surface area (Å²) in [7, 11) is 1.75. The third kappa shape index (κ3) is 3.01. The van der Waals surface area contributed by atoms with Gasteiger partial charge in [-0.25, -0.2) is 9.97 Å². The Hall–Kier alpha value is -1.00. The van der Waals surface area contributed by atoms with Crippen molar-refractivity contribution in [1.29, 1.82) is 0 Å². The maximum atomic E-state index is 5.61. The highest BCUT2D eigenvalue weighted by Crippen LogP contribution is 2.34. The lowest BCUT2D eigenvalue weighted by atomic mass is 9.85. The molecule has 0 saturated heterocycles. The first-order valence-electron chi connectivity index (χ1n) is 6.40. The fourth-order valence-corrected chi connectivity index (χ4v) is 2.61. The smallest absolute Gasteiger partial charge is 0.157 e. The van der Waals surface area contributed by atoms with E-state index in [4.69, 9.17) is 10.5 Å². The summed E-state index contributed by atoms with van der Waals surface area (Å²) in [6.45, 7) is 0.455. The molecule has 0 aromatic carbocycles. The van der Waals surface area contributed by atoms with E-state index in [0.29, 0.717) is 12.5 Å². The fourth-order valence-electron chi connectivity index (χ4n) is 2.61. The zero-order valence-electron chi connectivity index (χ0n) is 10.4. The monoisotopic (exact) mass is 235 g/mol. The number of ether oxygens (including phenoxy) is 1. The van der Waals surface area contributed by atoms with Gasteiger partial charge in [0.25, 0.3) is 0 Å². The number of rotatable bonds is 4. The summed E-state index contributed by atoms with van der Waals surface area (Å²) in [6, 6.07) is 1.86. The maximum absolute atomic E-state index is 5.61. The van der Waals surface area contributed by atoms with Crippen molar-refractivity contribution in [3.63, 3.8) is 0 Å². The molecule has 94 valence electrons. The molecular formula is C13H21N3O. The van der Waals surface area contributed by atoms with Crippen LogP contribution in [-0.2, 0) is 11.3 Å². The van der Waals surface area contributed by atoms with Crippen LogP contribution in [-0.4, -0.2) is 17.1 Å². The fraction of sp³-hybridized carbons (Fsp3) is 0.692. The van der Waals surface area contributed by atoms with Crippen LogP contribution >= 0.6 is 0 Å². The van der Waals surface area contributed by atoms with E-state index in [1.807, 2.05) is 6.07 Å². The standard InChI is InChI=1S/C13H21N3O/c1-17-12(10-5-3-2-4-6-10)13-15-8-7-11(9-14)16-13/h7-8,10,12H,2-6,9,14H2,1H3. The predicted octanol–water partition coefficient (Wildman–Crippen LogP) is 2.20. The Morgan fingerprint density at radius 3 is 2.82 bits per heavy atom. The third-order valence-electron chi connectivity index (χ3n) is 3.53. The minimum absolute atomic E-state index is 0.0294. The van der Waals surface area contributed by atoms with Crippen LogP contribution in [0.15, 0.2) is 12.3 Å². The lowest BCUT2D eigenvalue weighted by Gasteiger charge is -2.28. The van der Waals surface area contributed by atoms with E-state index in [1.165, 1.54) is 32.1 Å². The van der Waals surface area contributed by atoms with Crippen molar-refractivity contribution in [2.45, 2.75) is 44.8 Å². The summed E-state index contributed by atoms with van der Waals surface area (Å²) in [5, 5.41) is 0. The second-order valence-corrected chi connectivity index (χ2v) is 4.66. The first-order chi connectivity index (χ1) is 8.35. The summed E-state index contributed by atoms with van der Waals surface area (Å²) in [5.41, 5.74) is 6.49. The van der Waals surface area contributed by atoms with E-state index in [0.717, 1.165) is 11.5 Å². The highest BCUT2D eigenvalue weighted by atomic mass is 16.5. The van der Waals surface area contributed by atoms with E-state index in [1.54, 1.807) is 13.3 Å². The van der Waals surface area contributed by atoms with Gasteiger partial charge >= 0.3 is 0 Å². The number of nitrogens with two attached hydrogens (primary N) is 1. The number of hydrogen-bond acceptors (Lipinski definition) is 4. The van der Waals surface area contributed by atoms with Crippen molar-refractivity contribution in [2.24, 2.45) is 11.7 Å². The van der Waals surface area contributed by atoms with Gasteiger partial charge in [-0.15, -0.1) is 0 Å². The van der Waals surface area contributed by atoms with Gasteiger partial charge in [-0.3, -0.25) is 0 Å². The third-order valence-corrected chi connectivity index (χ3v) is 3.53. The minimum Gasteiger partial charge on any atom is -0.373 e. The molecule has 1 aliphatic carbocycles. The quantitative estimate of drug-likeness (QED) is 0.869. The zero-order chi connectivity index (χ0) is 12.1. The summed E-state index contributed by atoms with van der Waals surface area (Å²) < 4.78 is 5.61. The lowest BCUT2D eigenvalue weighted by molar-refractivity contribution is 0.0287. The first-order valence-corrected chi connectivity index (χ1v) is 6.40. The Morgan fingerprint density at radius 2 is 2.18 bits per heavy atom. The summed E-state index contributed by atoms with van der Waals surface area (Å²) in [5.74, 6) is 1.35. The molecule has 4 nitrogen and oxygen atoms in total. The van der Waals surface area contributed by atoms with Crippen molar-refractivity contribution >= 4 is 0 Å². The Bertz CT molecular complexity index is 350. The van der Waals surface area contributed by atoms with Crippen LogP contribution in [0.3, 0.4) is 0 Å². The van der Waals surface area contributed by atoms with Crippen LogP contribution in [0.5, 0.6) is 0 Å². The van der Waals surface area contributed by atoms with Gasteiger partial charge in [-0.1, -0.05) is 19.3 Å². The van der Waals surface area contributed by atoms with Crippen molar-refractivity contribution < 1.29 is 4.74 Å². The lowest BCUT2D eigenvalue weighted by Crippen LogP contribution is -2.20. The number of hydrogen-bond donors (Lipinski definition) is 1. The van der Waals surface area contributed by atoms with Crippen LogP contribution < -0.4 is 5.73 Å². The van der Waals surface area contributed by atoms with Crippen LogP contribution in [0.1, 0.15) is 49.7 Å². The average Bonchev–Trinajstić information content (AvgIpc) is 2.41. The normalized spacial score (nSPS) is 19.2. The van der Waals surface area contributed by atoms with Crippen molar-refractivity contribution in [3.05, 3.63) is 23.8 Å². The molecule has 1 unspecified atom stereocenters. The topological polar surface area (TPSA) is 61.0 Å². The van der Waals surface area contributed by atoms with E-state index >= 15 is 0 Å². The van der Waals surface area contributed by atoms with Crippen LogP contribution in [0, 0.1) is 5.92 Å². The van der Waals surface area contributed by atoms with Crippen LogP contribution in [0.4, 0.5) is 0 Å². The molecule has 1 heterocycles. The van der Waals surface area contributed by atoms with Gasteiger partial charge in [-0.2, -0.15) is 0 Å². The molecule has 1 fully saturated rings. The molecule has 1 aromatic heterocycles. The van der Waals surface area contributed by atoms with Crippen molar-refractivity contribution in [2.75, 3.05) is 7.11 Å². The highest BCUT2D eigenvalue weighted by molar-refractivity contribution is 5.05. The molecule has 0 spiro atoms. The molecule has 1 aromatic rings. The van der Waals surface area contributed by atoms with Gasteiger partial charge in [0.15, 0.2) is 5.82 Å². The van der Waals surface area contributed by atoms with Crippen LogP contribution in [0.2, 0.25) is 0 Å². The summed E-state index contributed by atoms with van der Waals surface area (Å²) in [6.07, 6.45) is 8.17. The van der Waals surface area contributed by atoms with Gasteiger partial charge in [0.2, 0.25) is 0 Å². The van der Waals surface area contributed by atoms with Gasteiger partial charge < -0.3 is 10.5 Å². The number of nitrogens with zero attached hydrogens (tertiary/aromatic N) is 2. The molecule has 1 saturated carbocycles. The van der Waals surface area contributed by atoms with Crippen molar-refractivity contribution in [3.8, 4) is 0 Å². The molecule has 0 bridgehead atoms. The molecule has 1 aliphatic rings. The molecule has 0 aliphatic heterocycles. The molecule has 1 atom stereocenters. The SMILES string of the molecule is COC(c1nccc(CN)n1)C1CCCCC1. The second-order valence-electron chi connectivity index (χ2n) is 4.66. The average molecular weight is 235 g/mol. The van der Waals surface area contributed by atoms with E-state index in [2.05, 4.69) is 9.97 Å². The number of aromatic nitrogens is 2. The molecule has 4 heteroatoms. The Kier molecular flexibility index (Phi) is 4.45. The van der Waals surface area contributed by atoms with Crippen LogP contribution in [0.25, 0.3) is 0 Å². The Balaban J connectivity index is 2.15. The molecule has 0 radical (unpaired) electrons. The molecule has 2 N–H and O–H groups in total. The minimum atomic E-state index is 0.0294. The van der Waals surface area contributed by atoms with E-state index < -0.39 is 0 Å². The number of methoxy groups -OCH3 is 1. The van der Waals surface area contributed by atoms with E-state index in [-0.39, 0.29) is 6.10 Å². The largest absolute Gasteiger partial charge is 0.373 e. The molecular weight excluding hydrogens is 214 g/mol. The molecule has 2 rings (SSSR count). The van der Waals surface area contributed by atoms with Gasteiger partial charge in [0.1, 0.15) is 6.10 Å². The highest BCUT2D eigenvalue weighted by Gasteiger charge is 2.27. The summed E-state index contributed by atoms with van der Waals surface area (Å²) >= 11 is 0. The van der Waals surface area contributed by atoms with Gasteiger partial charge in [0, 0.05) is 19.9 Å². The first kappa shape index (κ1) is 12.5. The zero-order valence-corrected chi connectivity index (χ0v) is 10.4.